The zero-order chi connectivity index (χ0) is 19.6. The third kappa shape index (κ3) is 3.99. The van der Waals surface area contributed by atoms with Gasteiger partial charge in [-0.1, -0.05) is 36.4 Å². The van der Waals surface area contributed by atoms with Crippen molar-refractivity contribution in [3.05, 3.63) is 78.1 Å². The Bertz CT molecular complexity index is 985. The minimum absolute atomic E-state index is 0.0874. The van der Waals surface area contributed by atoms with Crippen LogP contribution in [0.25, 0.3) is 10.8 Å². The van der Waals surface area contributed by atoms with E-state index in [0.29, 0.717) is 12.2 Å². The Kier molecular flexibility index (Phi) is 5.01. The van der Waals surface area contributed by atoms with Crippen LogP contribution in [-0.2, 0) is 14.3 Å². The van der Waals surface area contributed by atoms with Crippen LogP contribution in [0.1, 0.15) is 31.4 Å². The molecule has 0 amide bonds. The molecule has 144 valence electrons. The summed E-state index contributed by atoms with van der Waals surface area (Å²) < 4.78 is 30.5. The molecule has 4 rings (SSSR count). The first kappa shape index (κ1) is 18.4. The van der Waals surface area contributed by atoms with Crippen molar-refractivity contribution < 1.29 is 23.4 Å². The van der Waals surface area contributed by atoms with Crippen LogP contribution in [0.15, 0.2) is 66.7 Å². The second-order valence-corrected chi connectivity index (χ2v) is 7.00. The standard InChI is InChI=1S/C23H21FO4/c1-16(18-7-6-17-4-2-3-5-19(17)14-18)26-15-23(13-12-22(25)28-23)27-21-10-8-20(24)9-11-21/h2-11,14,16H,12-13,15H2,1H3/t16-,23+/m1/s1. The maximum absolute atomic E-state index is 13.1. The van der Waals surface area contributed by atoms with Gasteiger partial charge in [0.25, 0.3) is 5.79 Å². The Morgan fingerprint density at radius 3 is 2.54 bits per heavy atom. The molecule has 3 aromatic carbocycles. The highest BCUT2D eigenvalue weighted by molar-refractivity contribution is 5.83. The first-order chi connectivity index (χ1) is 13.5. The molecule has 0 unspecified atom stereocenters. The molecule has 1 aliphatic heterocycles. The summed E-state index contributed by atoms with van der Waals surface area (Å²) in [5.74, 6) is -1.45. The van der Waals surface area contributed by atoms with E-state index in [0.717, 1.165) is 10.9 Å². The van der Waals surface area contributed by atoms with Gasteiger partial charge in [-0.25, -0.2) is 4.39 Å². The maximum atomic E-state index is 13.1. The summed E-state index contributed by atoms with van der Waals surface area (Å²) in [6.07, 6.45) is 0.431. The lowest BCUT2D eigenvalue weighted by atomic mass is 10.0. The summed E-state index contributed by atoms with van der Waals surface area (Å²) >= 11 is 0. The van der Waals surface area contributed by atoms with Crippen molar-refractivity contribution in [3.63, 3.8) is 0 Å². The number of carbonyl (C=O) groups is 1. The topological polar surface area (TPSA) is 44.8 Å². The van der Waals surface area contributed by atoms with Gasteiger partial charge in [-0.05, 0) is 53.6 Å². The van der Waals surface area contributed by atoms with Crippen LogP contribution >= 0.6 is 0 Å². The number of cyclic esters (lactones) is 1. The zero-order valence-corrected chi connectivity index (χ0v) is 15.6. The molecule has 3 aromatic rings. The SMILES string of the molecule is C[C@@H](OC[C@]1(Oc2ccc(F)cc2)CCC(=O)O1)c1ccc2ccccc2c1. The fourth-order valence-corrected chi connectivity index (χ4v) is 3.33. The summed E-state index contributed by atoms with van der Waals surface area (Å²) in [6.45, 7) is 2.04. The van der Waals surface area contributed by atoms with Gasteiger partial charge < -0.3 is 14.2 Å². The molecule has 1 aliphatic rings. The predicted molar refractivity (Wildman–Crippen MR) is 103 cm³/mol. The van der Waals surface area contributed by atoms with Gasteiger partial charge in [0.15, 0.2) is 0 Å². The van der Waals surface area contributed by atoms with E-state index in [-0.39, 0.29) is 30.9 Å². The number of hydrogen-bond acceptors (Lipinski definition) is 4. The van der Waals surface area contributed by atoms with Gasteiger partial charge >= 0.3 is 5.97 Å². The van der Waals surface area contributed by atoms with Crippen LogP contribution in [-0.4, -0.2) is 18.4 Å². The minimum atomic E-state index is -1.19. The van der Waals surface area contributed by atoms with E-state index in [4.69, 9.17) is 14.2 Å². The van der Waals surface area contributed by atoms with Crippen molar-refractivity contribution in [1.29, 1.82) is 0 Å². The lowest BCUT2D eigenvalue weighted by Gasteiger charge is -2.29. The van der Waals surface area contributed by atoms with Crippen molar-refractivity contribution in [2.75, 3.05) is 6.61 Å². The molecule has 1 fully saturated rings. The van der Waals surface area contributed by atoms with Crippen molar-refractivity contribution in [2.45, 2.75) is 31.7 Å². The Labute approximate surface area is 162 Å². The predicted octanol–water partition coefficient (Wildman–Crippen LogP) is 5.17. The van der Waals surface area contributed by atoms with E-state index in [1.54, 1.807) is 0 Å². The monoisotopic (exact) mass is 380 g/mol. The van der Waals surface area contributed by atoms with Crippen LogP contribution in [0.4, 0.5) is 4.39 Å². The Hall–Kier alpha value is -2.92. The van der Waals surface area contributed by atoms with Crippen LogP contribution in [0.3, 0.4) is 0 Å². The molecule has 5 heteroatoms. The molecule has 1 heterocycles. The summed E-state index contributed by atoms with van der Waals surface area (Å²) in [5.41, 5.74) is 1.03. The maximum Gasteiger partial charge on any atom is 0.309 e. The van der Waals surface area contributed by atoms with Gasteiger partial charge in [0.05, 0.1) is 12.5 Å². The van der Waals surface area contributed by atoms with E-state index in [2.05, 4.69) is 24.3 Å². The lowest BCUT2D eigenvalue weighted by molar-refractivity contribution is -0.201. The molecular weight excluding hydrogens is 359 g/mol. The van der Waals surface area contributed by atoms with E-state index >= 15 is 0 Å². The summed E-state index contributed by atoms with van der Waals surface area (Å²) in [6, 6.07) is 19.9. The summed E-state index contributed by atoms with van der Waals surface area (Å²) in [5, 5.41) is 2.30. The molecular formula is C23H21FO4. The quantitative estimate of drug-likeness (QED) is 0.554. The van der Waals surface area contributed by atoms with Gasteiger partial charge in [-0.2, -0.15) is 0 Å². The Balaban J connectivity index is 1.48. The van der Waals surface area contributed by atoms with E-state index in [1.165, 1.54) is 29.7 Å². The fourth-order valence-electron chi connectivity index (χ4n) is 3.33. The first-order valence-corrected chi connectivity index (χ1v) is 9.30. The number of rotatable bonds is 6. The molecule has 1 saturated heterocycles. The molecule has 0 saturated carbocycles. The molecule has 0 spiro atoms. The molecule has 0 N–H and O–H groups in total. The summed E-state index contributed by atoms with van der Waals surface area (Å²) in [4.78, 5) is 11.7. The number of benzene rings is 3. The van der Waals surface area contributed by atoms with Gasteiger partial charge in [0.2, 0.25) is 0 Å². The van der Waals surface area contributed by atoms with Gasteiger partial charge in [-0.3, -0.25) is 4.79 Å². The largest absolute Gasteiger partial charge is 0.450 e. The smallest absolute Gasteiger partial charge is 0.309 e. The van der Waals surface area contributed by atoms with E-state index < -0.39 is 5.79 Å². The van der Waals surface area contributed by atoms with Crippen LogP contribution < -0.4 is 4.74 Å². The number of esters is 1. The zero-order valence-electron chi connectivity index (χ0n) is 15.6. The second-order valence-electron chi connectivity index (χ2n) is 7.00. The van der Waals surface area contributed by atoms with Gasteiger partial charge in [0.1, 0.15) is 18.2 Å². The van der Waals surface area contributed by atoms with E-state index in [1.807, 2.05) is 25.1 Å². The molecule has 0 bridgehead atoms. The van der Waals surface area contributed by atoms with Crippen LogP contribution in [0.5, 0.6) is 5.75 Å². The average Bonchev–Trinajstić information content (AvgIpc) is 3.08. The number of fused-ring (bicyclic) bond motifs is 1. The molecule has 4 nitrogen and oxygen atoms in total. The minimum Gasteiger partial charge on any atom is -0.450 e. The highest BCUT2D eigenvalue weighted by atomic mass is 19.1. The fraction of sp³-hybridized carbons (Fsp3) is 0.261. The highest BCUT2D eigenvalue weighted by Crippen LogP contribution is 2.32. The molecule has 2 atom stereocenters. The third-order valence-corrected chi connectivity index (χ3v) is 4.92. The number of carbonyl (C=O) groups excluding carboxylic acids is 1. The van der Waals surface area contributed by atoms with Crippen LogP contribution in [0, 0.1) is 5.82 Å². The molecule has 28 heavy (non-hydrogen) atoms. The first-order valence-electron chi connectivity index (χ1n) is 9.30. The summed E-state index contributed by atoms with van der Waals surface area (Å²) in [7, 11) is 0. The molecule has 0 radical (unpaired) electrons. The van der Waals surface area contributed by atoms with Gasteiger partial charge in [0, 0.05) is 6.42 Å². The molecule has 0 aromatic heterocycles. The number of hydrogen-bond donors (Lipinski definition) is 0. The Morgan fingerprint density at radius 1 is 1.07 bits per heavy atom. The van der Waals surface area contributed by atoms with Crippen LogP contribution in [0.2, 0.25) is 0 Å². The van der Waals surface area contributed by atoms with E-state index in [9.17, 15) is 9.18 Å². The number of halogens is 1. The normalized spacial score (nSPS) is 20.1. The van der Waals surface area contributed by atoms with Crippen molar-refractivity contribution in [1.82, 2.24) is 0 Å². The average molecular weight is 380 g/mol. The highest BCUT2D eigenvalue weighted by Gasteiger charge is 2.43. The van der Waals surface area contributed by atoms with Crippen molar-refractivity contribution in [2.24, 2.45) is 0 Å². The Morgan fingerprint density at radius 2 is 1.82 bits per heavy atom. The second kappa shape index (κ2) is 7.60. The lowest BCUT2D eigenvalue weighted by Crippen LogP contribution is -2.41. The van der Waals surface area contributed by atoms with Crippen molar-refractivity contribution >= 4 is 16.7 Å². The van der Waals surface area contributed by atoms with Gasteiger partial charge in [-0.15, -0.1) is 0 Å². The molecule has 0 aliphatic carbocycles. The number of ether oxygens (including phenoxy) is 3. The third-order valence-electron chi connectivity index (χ3n) is 4.92. The van der Waals surface area contributed by atoms with Crippen molar-refractivity contribution in [3.8, 4) is 5.75 Å².